The Labute approximate surface area is 184 Å². The number of esters is 2. The van der Waals surface area contributed by atoms with Crippen molar-refractivity contribution >= 4 is 23.7 Å². The Balaban J connectivity index is 3.24. The lowest BCUT2D eigenvalue weighted by atomic mass is 10.2. The molecule has 0 fully saturated rings. The number of carbonyl (C=O) groups excluding carboxylic acids is 2. The van der Waals surface area contributed by atoms with Gasteiger partial charge in [-0.05, 0) is 50.0 Å². The van der Waals surface area contributed by atoms with Gasteiger partial charge in [0.2, 0.25) is 0 Å². The topological polar surface area (TPSA) is 52.6 Å². The van der Waals surface area contributed by atoms with Gasteiger partial charge in [-0.3, -0.25) is 9.59 Å². The van der Waals surface area contributed by atoms with Gasteiger partial charge in [-0.2, -0.15) is 11.8 Å². The van der Waals surface area contributed by atoms with Crippen LogP contribution in [0.4, 0.5) is 0 Å². The lowest BCUT2D eigenvalue weighted by molar-refractivity contribution is -0.144. The number of carbonyl (C=O) groups is 2. The Morgan fingerprint density at radius 3 is 1.38 bits per heavy atom. The van der Waals surface area contributed by atoms with Crippen molar-refractivity contribution in [2.75, 3.05) is 24.7 Å². The number of hydrogen-bond donors (Lipinski definition) is 0. The highest BCUT2D eigenvalue weighted by molar-refractivity contribution is 7.99. The summed E-state index contributed by atoms with van der Waals surface area (Å²) >= 11 is 1.91. The molecular weight excluding hydrogens is 384 g/mol. The van der Waals surface area contributed by atoms with Gasteiger partial charge in [0, 0.05) is 12.8 Å². The Morgan fingerprint density at radius 2 is 0.966 bits per heavy atom. The fourth-order valence-corrected chi connectivity index (χ4v) is 4.00. The number of unbranched alkanes of at least 4 members (excludes halogenated alkanes) is 10. The van der Waals surface area contributed by atoms with E-state index in [4.69, 9.17) is 9.47 Å². The summed E-state index contributed by atoms with van der Waals surface area (Å²) < 4.78 is 10.5. The van der Waals surface area contributed by atoms with Gasteiger partial charge in [-0.15, -0.1) is 0 Å². The Kier molecular flexibility index (Phi) is 23.0. The van der Waals surface area contributed by atoms with Gasteiger partial charge in [-0.25, -0.2) is 0 Å². The van der Waals surface area contributed by atoms with Gasteiger partial charge in [-0.1, -0.05) is 65.2 Å². The molecule has 0 unspecified atom stereocenters. The second kappa shape index (κ2) is 23.6. The molecule has 0 aromatic carbocycles. The van der Waals surface area contributed by atoms with Gasteiger partial charge in [0.15, 0.2) is 0 Å². The molecule has 0 aliphatic carbocycles. The van der Waals surface area contributed by atoms with Crippen LogP contribution in [0.5, 0.6) is 0 Å². The van der Waals surface area contributed by atoms with E-state index in [2.05, 4.69) is 13.8 Å². The van der Waals surface area contributed by atoms with Crippen molar-refractivity contribution in [1.82, 2.24) is 0 Å². The normalized spacial score (nSPS) is 10.8. The molecule has 0 bridgehead atoms. The van der Waals surface area contributed by atoms with Crippen LogP contribution >= 0.6 is 11.8 Å². The number of hydrogen-bond acceptors (Lipinski definition) is 5. The summed E-state index contributed by atoms with van der Waals surface area (Å²) in [6.07, 6.45) is 16.8. The molecule has 5 heteroatoms. The van der Waals surface area contributed by atoms with Crippen molar-refractivity contribution in [2.24, 2.45) is 0 Å². The molecule has 172 valence electrons. The molecule has 0 heterocycles. The highest BCUT2D eigenvalue weighted by Gasteiger charge is 2.04. The van der Waals surface area contributed by atoms with Crippen LogP contribution in [-0.2, 0) is 19.1 Å². The molecule has 0 radical (unpaired) electrons. The standard InChI is InChI=1S/C24H46O4S/c1-3-5-7-9-13-19-27-23(25)17-11-15-21-29-22-16-12-18-24(26)28-20-14-10-8-6-4-2/h3-22H2,1-2H3. The molecule has 0 aliphatic heterocycles. The van der Waals surface area contributed by atoms with Gasteiger partial charge in [0.1, 0.15) is 0 Å². The minimum Gasteiger partial charge on any atom is -0.466 e. The molecule has 0 aromatic rings. The quantitative estimate of drug-likeness (QED) is 0.136. The van der Waals surface area contributed by atoms with E-state index >= 15 is 0 Å². The largest absolute Gasteiger partial charge is 0.466 e. The van der Waals surface area contributed by atoms with E-state index in [9.17, 15) is 9.59 Å². The smallest absolute Gasteiger partial charge is 0.305 e. The van der Waals surface area contributed by atoms with E-state index in [0.717, 1.165) is 62.9 Å². The Morgan fingerprint density at radius 1 is 0.552 bits per heavy atom. The molecule has 0 N–H and O–H groups in total. The first kappa shape index (κ1) is 28.3. The van der Waals surface area contributed by atoms with Crippen LogP contribution in [0.15, 0.2) is 0 Å². The first-order valence-electron chi connectivity index (χ1n) is 12.1. The summed E-state index contributed by atoms with van der Waals surface area (Å²) in [7, 11) is 0. The van der Waals surface area contributed by atoms with Crippen LogP contribution < -0.4 is 0 Å². The van der Waals surface area contributed by atoms with E-state index in [1.54, 1.807) is 0 Å². The maximum absolute atomic E-state index is 11.6. The van der Waals surface area contributed by atoms with E-state index in [0.29, 0.717) is 26.1 Å². The number of ether oxygens (including phenoxy) is 2. The van der Waals surface area contributed by atoms with Gasteiger partial charge >= 0.3 is 11.9 Å². The van der Waals surface area contributed by atoms with Crippen LogP contribution in [0.3, 0.4) is 0 Å². The van der Waals surface area contributed by atoms with E-state index < -0.39 is 0 Å². The fourth-order valence-electron chi connectivity index (χ4n) is 2.98. The van der Waals surface area contributed by atoms with Crippen molar-refractivity contribution in [3.8, 4) is 0 Å². The fraction of sp³-hybridized carbons (Fsp3) is 0.917. The van der Waals surface area contributed by atoms with Crippen LogP contribution in [-0.4, -0.2) is 36.7 Å². The highest BCUT2D eigenvalue weighted by Crippen LogP contribution is 2.11. The predicted molar refractivity (Wildman–Crippen MR) is 124 cm³/mol. The lowest BCUT2D eigenvalue weighted by Gasteiger charge is -2.06. The second-order valence-corrected chi connectivity index (χ2v) is 9.02. The van der Waals surface area contributed by atoms with Crippen LogP contribution in [0.25, 0.3) is 0 Å². The minimum atomic E-state index is -0.0469. The zero-order chi connectivity index (χ0) is 21.4. The van der Waals surface area contributed by atoms with Crippen molar-refractivity contribution in [1.29, 1.82) is 0 Å². The molecule has 0 spiro atoms. The monoisotopic (exact) mass is 430 g/mol. The minimum absolute atomic E-state index is 0.0469. The second-order valence-electron chi connectivity index (χ2n) is 7.80. The lowest BCUT2D eigenvalue weighted by Crippen LogP contribution is -2.06. The SMILES string of the molecule is CCCCCCCOC(=O)CCCCSCCCCC(=O)OCCCCCCC. The molecule has 0 aliphatic rings. The molecule has 0 aromatic heterocycles. The van der Waals surface area contributed by atoms with E-state index in [-0.39, 0.29) is 11.9 Å². The van der Waals surface area contributed by atoms with Crippen LogP contribution in [0.2, 0.25) is 0 Å². The summed E-state index contributed by atoms with van der Waals surface area (Å²) in [5, 5.41) is 0. The van der Waals surface area contributed by atoms with E-state index in [1.807, 2.05) is 11.8 Å². The number of thioether (sulfide) groups is 1. The molecule has 0 atom stereocenters. The van der Waals surface area contributed by atoms with Crippen molar-refractivity contribution in [3.63, 3.8) is 0 Å². The average Bonchev–Trinajstić information content (AvgIpc) is 2.71. The summed E-state index contributed by atoms with van der Waals surface area (Å²) in [5.41, 5.74) is 0. The zero-order valence-corrected chi connectivity index (χ0v) is 20.0. The third-order valence-corrected chi connectivity index (χ3v) is 6.02. The summed E-state index contributed by atoms with van der Waals surface area (Å²) in [6, 6.07) is 0. The van der Waals surface area contributed by atoms with Crippen molar-refractivity contribution < 1.29 is 19.1 Å². The van der Waals surface area contributed by atoms with Gasteiger partial charge in [0.05, 0.1) is 13.2 Å². The third-order valence-electron chi connectivity index (χ3n) is 4.86. The first-order chi connectivity index (χ1) is 14.2. The average molecular weight is 431 g/mol. The van der Waals surface area contributed by atoms with Crippen molar-refractivity contribution in [2.45, 2.75) is 117 Å². The molecule has 0 rings (SSSR count). The maximum Gasteiger partial charge on any atom is 0.305 e. The molecule has 0 amide bonds. The van der Waals surface area contributed by atoms with E-state index in [1.165, 1.54) is 38.5 Å². The molecule has 0 saturated heterocycles. The first-order valence-corrected chi connectivity index (χ1v) is 13.2. The maximum atomic E-state index is 11.6. The summed E-state index contributed by atoms with van der Waals surface area (Å²) in [6.45, 7) is 5.57. The highest BCUT2D eigenvalue weighted by atomic mass is 32.2. The Hall–Kier alpha value is -0.710. The molecule has 0 saturated carbocycles. The molecule has 4 nitrogen and oxygen atoms in total. The zero-order valence-electron chi connectivity index (χ0n) is 19.2. The molecule has 29 heavy (non-hydrogen) atoms. The summed E-state index contributed by atoms with van der Waals surface area (Å²) in [5.74, 6) is 2.06. The third kappa shape index (κ3) is 23.4. The van der Waals surface area contributed by atoms with Gasteiger partial charge in [0.25, 0.3) is 0 Å². The Bertz CT molecular complexity index is 340. The van der Waals surface area contributed by atoms with Crippen molar-refractivity contribution in [3.05, 3.63) is 0 Å². The molecular formula is C24H46O4S. The predicted octanol–water partition coefficient (Wildman–Crippen LogP) is 7.09. The summed E-state index contributed by atoms with van der Waals surface area (Å²) in [4.78, 5) is 23.3. The van der Waals surface area contributed by atoms with Crippen LogP contribution in [0.1, 0.15) is 117 Å². The van der Waals surface area contributed by atoms with Crippen LogP contribution in [0, 0.1) is 0 Å². The van der Waals surface area contributed by atoms with Gasteiger partial charge < -0.3 is 9.47 Å². The number of rotatable bonds is 22.